The first-order valence-electron chi connectivity index (χ1n) is 6.69. The lowest BCUT2D eigenvalue weighted by Crippen LogP contribution is -2.11. The molecule has 0 fully saturated rings. The number of thiophene rings is 1. The second-order valence-electron chi connectivity index (χ2n) is 4.32. The van der Waals surface area contributed by atoms with Gasteiger partial charge in [-0.3, -0.25) is 0 Å². The van der Waals surface area contributed by atoms with Crippen molar-refractivity contribution in [2.24, 2.45) is 0 Å². The normalized spacial score (nSPS) is 12.1. The van der Waals surface area contributed by atoms with Gasteiger partial charge in [-0.25, -0.2) is 9.97 Å². The van der Waals surface area contributed by atoms with E-state index in [9.17, 15) is 0 Å². The highest BCUT2D eigenvalue weighted by Crippen LogP contribution is 2.27. The average Bonchev–Trinajstić information content (AvgIpc) is 2.93. The molecule has 2 aromatic heterocycles. The Balaban J connectivity index is 2.10. The van der Waals surface area contributed by atoms with Crippen LogP contribution in [0.2, 0.25) is 0 Å². The zero-order chi connectivity index (χ0) is 13.5. The van der Waals surface area contributed by atoms with Crippen LogP contribution in [-0.4, -0.2) is 16.5 Å². The van der Waals surface area contributed by atoms with Crippen molar-refractivity contribution < 1.29 is 0 Å². The number of nitrogens with one attached hydrogen (secondary N) is 2. The maximum Gasteiger partial charge on any atom is 0.131 e. The summed E-state index contributed by atoms with van der Waals surface area (Å²) in [6.45, 7) is 5.12. The van der Waals surface area contributed by atoms with E-state index < -0.39 is 0 Å². The molecule has 4 nitrogen and oxygen atoms in total. The van der Waals surface area contributed by atoms with Gasteiger partial charge in [0.15, 0.2) is 0 Å². The largest absolute Gasteiger partial charge is 0.370 e. The molecule has 0 bridgehead atoms. The van der Waals surface area contributed by atoms with Crippen molar-refractivity contribution >= 4 is 23.0 Å². The number of anilines is 2. The van der Waals surface area contributed by atoms with Crippen molar-refractivity contribution in [2.75, 3.05) is 17.2 Å². The van der Waals surface area contributed by atoms with Crippen LogP contribution in [0.3, 0.4) is 0 Å². The lowest BCUT2D eigenvalue weighted by atomic mass is 10.1. The van der Waals surface area contributed by atoms with Gasteiger partial charge in [0.1, 0.15) is 18.0 Å². The summed E-state index contributed by atoms with van der Waals surface area (Å²) in [5.74, 6) is 1.74. The molecule has 1 atom stereocenters. The maximum absolute atomic E-state index is 4.30. The van der Waals surface area contributed by atoms with Gasteiger partial charge >= 0.3 is 0 Å². The standard InChI is InChI=1S/C14H20N4S/c1-3-6-11(12-7-5-8-19-12)18-14-9-13(15-4-2)16-10-17-14/h5,7-11H,3-4,6H2,1-2H3,(H2,15,16,17,18). The molecule has 2 N–H and O–H groups in total. The van der Waals surface area contributed by atoms with Gasteiger partial charge in [0.25, 0.3) is 0 Å². The Bertz CT molecular complexity index is 484. The Morgan fingerprint density at radius 3 is 2.79 bits per heavy atom. The molecular weight excluding hydrogens is 256 g/mol. The van der Waals surface area contributed by atoms with E-state index in [1.54, 1.807) is 17.7 Å². The van der Waals surface area contributed by atoms with Gasteiger partial charge in [-0.1, -0.05) is 19.4 Å². The molecule has 0 aliphatic heterocycles. The molecule has 0 saturated heterocycles. The molecule has 102 valence electrons. The Kier molecular flexibility index (Phi) is 5.15. The fourth-order valence-corrected chi connectivity index (χ4v) is 2.77. The van der Waals surface area contributed by atoms with Crippen LogP contribution in [-0.2, 0) is 0 Å². The van der Waals surface area contributed by atoms with Crippen LogP contribution >= 0.6 is 11.3 Å². The van der Waals surface area contributed by atoms with E-state index in [4.69, 9.17) is 0 Å². The summed E-state index contributed by atoms with van der Waals surface area (Å²) in [4.78, 5) is 9.83. The zero-order valence-electron chi connectivity index (χ0n) is 11.4. The number of rotatable bonds is 7. The first-order chi connectivity index (χ1) is 9.33. The number of hydrogen-bond donors (Lipinski definition) is 2. The third-order valence-electron chi connectivity index (χ3n) is 2.81. The van der Waals surface area contributed by atoms with Crippen LogP contribution in [0, 0.1) is 0 Å². The minimum atomic E-state index is 0.328. The Labute approximate surface area is 118 Å². The molecule has 19 heavy (non-hydrogen) atoms. The molecule has 2 rings (SSSR count). The summed E-state index contributed by atoms with van der Waals surface area (Å²) in [6, 6.07) is 6.55. The van der Waals surface area contributed by atoms with Crippen LogP contribution < -0.4 is 10.6 Å². The van der Waals surface area contributed by atoms with Gasteiger partial charge < -0.3 is 10.6 Å². The minimum Gasteiger partial charge on any atom is -0.370 e. The Hall–Kier alpha value is -1.62. The van der Waals surface area contributed by atoms with Gasteiger partial charge in [-0.15, -0.1) is 11.3 Å². The smallest absolute Gasteiger partial charge is 0.131 e. The van der Waals surface area contributed by atoms with Gasteiger partial charge in [0.2, 0.25) is 0 Å². The van der Waals surface area contributed by atoms with E-state index in [1.807, 2.05) is 6.07 Å². The lowest BCUT2D eigenvalue weighted by molar-refractivity contribution is 0.684. The number of aromatic nitrogens is 2. The predicted octanol–water partition coefficient (Wildman–Crippen LogP) is 3.92. The molecule has 0 radical (unpaired) electrons. The first kappa shape index (κ1) is 13.8. The van der Waals surface area contributed by atoms with Crippen molar-refractivity contribution in [3.05, 3.63) is 34.8 Å². The van der Waals surface area contributed by atoms with Gasteiger partial charge in [0, 0.05) is 17.5 Å². The summed E-state index contributed by atoms with van der Waals surface area (Å²) in [5.41, 5.74) is 0. The summed E-state index contributed by atoms with van der Waals surface area (Å²) >= 11 is 1.78. The maximum atomic E-state index is 4.30. The van der Waals surface area contributed by atoms with Gasteiger partial charge in [-0.05, 0) is 24.8 Å². The van der Waals surface area contributed by atoms with Crippen LogP contribution in [0.1, 0.15) is 37.6 Å². The van der Waals surface area contributed by atoms with Crippen LogP contribution in [0.5, 0.6) is 0 Å². The number of hydrogen-bond acceptors (Lipinski definition) is 5. The van der Waals surface area contributed by atoms with Crippen molar-refractivity contribution in [1.82, 2.24) is 9.97 Å². The molecule has 0 aliphatic rings. The van der Waals surface area contributed by atoms with Crippen molar-refractivity contribution in [2.45, 2.75) is 32.7 Å². The quantitative estimate of drug-likeness (QED) is 0.804. The monoisotopic (exact) mass is 276 g/mol. The second-order valence-corrected chi connectivity index (χ2v) is 5.30. The highest BCUT2D eigenvalue weighted by Gasteiger charge is 2.12. The predicted molar refractivity (Wildman–Crippen MR) is 81.8 cm³/mol. The third kappa shape index (κ3) is 3.92. The highest BCUT2D eigenvalue weighted by molar-refractivity contribution is 7.10. The van der Waals surface area contributed by atoms with Crippen molar-refractivity contribution in [3.63, 3.8) is 0 Å². The van der Waals surface area contributed by atoms with Crippen molar-refractivity contribution in [3.8, 4) is 0 Å². The van der Waals surface area contributed by atoms with E-state index in [1.165, 1.54) is 4.88 Å². The zero-order valence-corrected chi connectivity index (χ0v) is 12.2. The minimum absolute atomic E-state index is 0.328. The molecule has 0 amide bonds. The third-order valence-corrected chi connectivity index (χ3v) is 3.80. The summed E-state index contributed by atoms with van der Waals surface area (Å²) in [6.07, 6.45) is 3.83. The molecule has 0 aliphatic carbocycles. The van der Waals surface area contributed by atoms with E-state index in [0.29, 0.717) is 6.04 Å². The average molecular weight is 276 g/mol. The first-order valence-corrected chi connectivity index (χ1v) is 7.57. The van der Waals surface area contributed by atoms with Crippen LogP contribution in [0.15, 0.2) is 29.9 Å². The van der Waals surface area contributed by atoms with Crippen LogP contribution in [0.4, 0.5) is 11.6 Å². The summed E-state index contributed by atoms with van der Waals surface area (Å²) in [7, 11) is 0. The van der Waals surface area contributed by atoms with E-state index in [-0.39, 0.29) is 0 Å². The molecule has 0 spiro atoms. The Morgan fingerprint density at radius 2 is 2.11 bits per heavy atom. The van der Waals surface area contributed by atoms with E-state index >= 15 is 0 Å². The fourth-order valence-electron chi connectivity index (χ4n) is 1.96. The molecule has 0 aromatic carbocycles. The fraction of sp³-hybridized carbons (Fsp3) is 0.429. The second kappa shape index (κ2) is 7.09. The molecule has 5 heteroatoms. The highest BCUT2D eigenvalue weighted by atomic mass is 32.1. The summed E-state index contributed by atoms with van der Waals surface area (Å²) in [5, 5.41) is 8.81. The van der Waals surface area contributed by atoms with Crippen LogP contribution in [0.25, 0.3) is 0 Å². The van der Waals surface area contributed by atoms with Crippen molar-refractivity contribution in [1.29, 1.82) is 0 Å². The lowest BCUT2D eigenvalue weighted by Gasteiger charge is -2.17. The molecular formula is C14H20N4S. The topological polar surface area (TPSA) is 49.8 Å². The van der Waals surface area contributed by atoms with Gasteiger partial charge in [0.05, 0.1) is 6.04 Å². The molecule has 2 aromatic rings. The molecule has 2 heterocycles. The van der Waals surface area contributed by atoms with E-state index in [2.05, 4.69) is 52.0 Å². The van der Waals surface area contributed by atoms with Gasteiger partial charge in [-0.2, -0.15) is 0 Å². The number of nitrogens with zero attached hydrogens (tertiary/aromatic N) is 2. The molecule has 1 unspecified atom stereocenters. The summed E-state index contributed by atoms with van der Waals surface area (Å²) < 4.78 is 0. The van der Waals surface area contributed by atoms with E-state index in [0.717, 1.165) is 31.0 Å². The Morgan fingerprint density at radius 1 is 1.26 bits per heavy atom. The SMILES string of the molecule is CCCC(Nc1cc(NCC)ncn1)c1cccs1. The molecule has 0 saturated carbocycles.